The molecule has 0 aromatic rings. The predicted octanol–water partition coefficient (Wildman–Crippen LogP) is 2.03. The quantitative estimate of drug-likeness (QED) is 0.594. The Morgan fingerprint density at radius 1 is 1.38 bits per heavy atom. The summed E-state index contributed by atoms with van der Waals surface area (Å²) >= 11 is 1.46. The van der Waals surface area contributed by atoms with Gasteiger partial charge in [0.1, 0.15) is 0 Å². The van der Waals surface area contributed by atoms with E-state index in [1.165, 1.54) is 24.8 Å². The van der Waals surface area contributed by atoms with Gasteiger partial charge in [0.2, 0.25) is 0 Å². The van der Waals surface area contributed by atoms with Crippen LogP contribution in [0.3, 0.4) is 0 Å². The summed E-state index contributed by atoms with van der Waals surface area (Å²) in [5.41, 5.74) is 0. The maximum Gasteiger partial charge on any atom is 0.0105 e. The van der Waals surface area contributed by atoms with Gasteiger partial charge in [0.15, 0.2) is 0 Å². The van der Waals surface area contributed by atoms with Gasteiger partial charge in [-0.05, 0) is 5.92 Å². The molecule has 0 amide bonds. The summed E-state index contributed by atoms with van der Waals surface area (Å²) in [6.45, 7) is 4.43. The highest BCUT2D eigenvalue weighted by Gasteiger charge is 1.99. The normalized spacial score (nSPS) is 10.5. The van der Waals surface area contributed by atoms with E-state index in [4.69, 9.17) is 5.14 Å². The van der Waals surface area contributed by atoms with Gasteiger partial charge in [-0.1, -0.05) is 38.6 Å². The van der Waals surface area contributed by atoms with Crippen LogP contribution in [0.25, 0.3) is 0 Å². The first-order valence-electron chi connectivity index (χ1n) is 3.16. The molecule has 0 unspecified atom stereocenters. The van der Waals surface area contributed by atoms with Crippen LogP contribution in [-0.4, -0.2) is 5.75 Å². The summed E-state index contributed by atoms with van der Waals surface area (Å²) < 4.78 is 0. The Morgan fingerprint density at radius 3 is 2.00 bits per heavy atom. The van der Waals surface area contributed by atoms with Crippen molar-refractivity contribution in [2.75, 3.05) is 5.75 Å². The van der Waals surface area contributed by atoms with Crippen molar-refractivity contribution in [2.45, 2.75) is 26.7 Å². The number of hydrogen-bond donors (Lipinski definition) is 1. The molecule has 0 aliphatic carbocycles. The average molecular weight is 133 g/mol. The van der Waals surface area contributed by atoms with E-state index in [1.807, 2.05) is 0 Å². The maximum absolute atomic E-state index is 5.30. The largest absolute Gasteiger partial charge is 0.278 e. The lowest BCUT2D eigenvalue weighted by atomic mass is 10.1. The second-order valence-electron chi connectivity index (χ2n) is 2.02. The van der Waals surface area contributed by atoms with E-state index in [-0.39, 0.29) is 0 Å². The van der Waals surface area contributed by atoms with Crippen LogP contribution in [-0.2, 0) is 0 Å². The molecule has 0 heterocycles. The standard InChI is InChI=1S/C6H15NS/c1-3-6(4-2)5-8-7/h6H,3-5,7H2,1-2H3. The van der Waals surface area contributed by atoms with E-state index in [1.54, 1.807) is 0 Å². The SMILES string of the molecule is CCC(CC)CSN. The third-order valence-corrected chi connectivity index (χ3v) is 2.15. The first-order valence-corrected chi connectivity index (χ1v) is 4.21. The number of rotatable bonds is 4. The van der Waals surface area contributed by atoms with Crippen molar-refractivity contribution in [2.24, 2.45) is 11.1 Å². The number of hydrogen-bond acceptors (Lipinski definition) is 2. The van der Waals surface area contributed by atoms with Gasteiger partial charge in [0.25, 0.3) is 0 Å². The van der Waals surface area contributed by atoms with Crippen molar-refractivity contribution >= 4 is 11.9 Å². The lowest BCUT2D eigenvalue weighted by Crippen LogP contribution is -2.01. The van der Waals surface area contributed by atoms with E-state index in [0.717, 1.165) is 11.7 Å². The first-order chi connectivity index (χ1) is 3.85. The molecule has 8 heavy (non-hydrogen) atoms. The minimum Gasteiger partial charge on any atom is -0.278 e. The van der Waals surface area contributed by atoms with E-state index < -0.39 is 0 Å². The molecule has 0 aliphatic rings. The molecular weight excluding hydrogens is 118 g/mol. The molecule has 0 aromatic carbocycles. The van der Waals surface area contributed by atoms with Crippen LogP contribution in [0.2, 0.25) is 0 Å². The summed E-state index contributed by atoms with van der Waals surface area (Å²) in [7, 11) is 0. The second kappa shape index (κ2) is 5.45. The molecule has 0 fully saturated rings. The highest BCUT2D eigenvalue weighted by molar-refractivity contribution is 7.97. The van der Waals surface area contributed by atoms with E-state index >= 15 is 0 Å². The lowest BCUT2D eigenvalue weighted by Gasteiger charge is -2.07. The Labute approximate surface area is 56.2 Å². The Kier molecular flexibility index (Phi) is 5.66. The van der Waals surface area contributed by atoms with E-state index in [9.17, 15) is 0 Å². The van der Waals surface area contributed by atoms with Crippen molar-refractivity contribution in [1.82, 2.24) is 0 Å². The Balaban J connectivity index is 3.07. The van der Waals surface area contributed by atoms with E-state index in [0.29, 0.717) is 0 Å². The minimum absolute atomic E-state index is 0.838. The fourth-order valence-corrected chi connectivity index (χ4v) is 1.40. The fourth-order valence-electron chi connectivity index (χ4n) is 0.660. The third kappa shape index (κ3) is 3.33. The average Bonchev–Trinajstić information content (AvgIpc) is 1.83. The van der Waals surface area contributed by atoms with Gasteiger partial charge in [-0.15, -0.1) is 0 Å². The smallest absolute Gasteiger partial charge is 0.0105 e. The van der Waals surface area contributed by atoms with Crippen molar-refractivity contribution in [3.05, 3.63) is 0 Å². The molecule has 0 radical (unpaired) electrons. The maximum atomic E-state index is 5.30. The molecule has 0 rings (SSSR count). The Morgan fingerprint density at radius 2 is 1.88 bits per heavy atom. The molecule has 2 heteroatoms. The highest BCUT2D eigenvalue weighted by atomic mass is 32.2. The summed E-state index contributed by atoms with van der Waals surface area (Å²) in [5.74, 6) is 1.96. The fraction of sp³-hybridized carbons (Fsp3) is 1.00. The van der Waals surface area contributed by atoms with Crippen molar-refractivity contribution in [3.63, 3.8) is 0 Å². The molecule has 0 atom stereocenters. The summed E-state index contributed by atoms with van der Waals surface area (Å²) in [5, 5.41) is 5.30. The molecule has 0 aliphatic heterocycles. The molecule has 0 saturated carbocycles. The van der Waals surface area contributed by atoms with Crippen LogP contribution in [0.4, 0.5) is 0 Å². The second-order valence-corrected chi connectivity index (χ2v) is 2.68. The van der Waals surface area contributed by atoms with Crippen LogP contribution in [0.5, 0.6) is 0 Å². The zero-order valence-corrected chi connectivity index (χ0v) is 6.50. The van der Waals surface area contributed by atoms with Gasteiger partial charge >= 0.3 is 0 Å². The lowest BCUT2D eigenvalue weighted by molar-refractivity contribution is 0.554. The molecule has 0 aromatic heterocycles. The molecule has 50 valence electrons. The highest BCUT2D eigenvalue weighted by Crippen LogP contribution is 2.10. The van der Waals surface area contributed by atoms with Crippen LogP contribution >= 0.6 is 11.9 Å². The van der Waals surface area contributed by atoms with Crippen molar-refractivity contribution in [1.29, 1.82) is 0 Å². The molecular formula is C6H15NS. The van der Waals surface area contributed by atoms with Crippen LogP contribution in [0, 0.1) is 5.92 Å². The zero-order valence-electron chi connectivity index (χ0n) is 5.68. The van der Waals surface area contributed by atoms with E-state index in [2.05, 4.69) is 13.8 Å². The molecule has 0 bridgehead atoms. The monoisotopic (exact) mass is 133 g/mol. The van der Waals surface area contributed by atoms with Crippen LogP contribution in [0.15, 0.2) is 0 Å². The summed E-state index contributed by atoms with van der Waals surface area (Å²) in [4.78, 5) is 0. The Hall–Kier alpha value is 0.310. The van der Waals surface area contributed by atoms with Crippen molar-refractivity contribution in [3.8, 4) is 0 Å². The molecule has 1 nitrogen and oxygen atoms in total. The van der Waals surface area contributed by atoms with Gasteiger partial charge in [-0.3, -0.25) is 5.14 Å². The third-order valence-electron chi connectivity index (χ3n) is 1.49. The summed E-state index contributed by atoms with van der Waals surface area (Å²) in [6, 6.07) is 0. The van der Waals surface area contributed by atoms with Gasteiger partial charge in [0, 0.05) is 5.75 Å². The molecule has 0 spiro atoms. The zero-order chi connectivity index (χ0) is 6.41. The van der Waals surface area contributed by atoms with Crippen LogP contribution < -0.4 is 5.14 Å². The molecule has 0 saturated heterocycles. The number of nitrogens with two attached hydrogens (primary N) is 1. The van der Waals surface area contributed by atoms with Crippen molar-refractivity contribution < 1.29 is 0 Å². The topological polar surface area (TPSA) is 26.0 Å². The molecule has 2 N–H and O–H groups in total. The van der Waals surface area contributed by atoms with Gasteiger partial charge in [0.05, 0.1) is 0 Å². The minimum atomic E-state index is 0.838. The van der Waals surface area contributed by atoms with Crippen LogP contribution in [0.1, 0.15) is 26.7 Å². The van der Waals surface area contributed by atoms with Gasteiger partial charge < -0.3 is 0 Å². The first kappa shape index (κ1) is 8.31. The predicted molar refractivity (Wildman–Crippen MR) is 40.7 cm³/mol. The summed E-state index contributed by atoms with van der Waals surface area (Å²) in [6.07, 6.45) is 2.53. The Bertz CT molecular complexity index is 43.8. The van der Waals surface area contributed by atoms with Gasteiger partial charge in [-0.25, -0.2) is 0 Å². The van der Waals surface area contributed by atoms with Gasteiger partial charge in [-0.2, -0.15) is 0 Å².